The van der Waals surface area contributed by atoms with E-state index in [4.69, 9.17) is 0 Å². The van der Waals surface area contributed by atoms with Gasteiger partial charge < -0.3 is 4.57 Å². The van der Waals surface area contributed by atoms with Crippen molar-refractivity contribution < 1.29 is 4.79 Å². The molecule has 2 heterocycles. The average molecular weight is 248 g/mol. The van der Waals surface area contributed by atoms with Gasteiger partial charge in [-0.15, -0.1) is 0 Å². The van der Waals surface area contributed by atoms with Crippen LogP contribution in [0.15, 0.2) is 6.07 Å². The van der Waals surface area contributed by atoms with Crippen LogP contribution in [0.1, 0.15) is 41.5 Å². The summed E-state index contributed by atoms with van der Waals surface area (Å²) in [5.41, 5.74) is 3.14. The van der Waals surface area contributed by atoms with E-state index in [1.54, 1.807) is 0 Å². The Morgan fingerprint density at radius 1 is 1.44 bits per heavy atom. The lowest BCUT2D eigenvalue weighted by molar-refractivity contribution is 0.0942. The lowest BCUT2D eigenvalue weighted by Gasteiger charge is -2.14. The Balaban J connectivity index is 2.02. The molecule has 0 amide bonds. The van der Waals surface area contributed by atoms with Crippen LogP contribution in [0.4, 0.5) is 0 Å². The van der Waals surface area contributed by atoms with Crippen molar-refractivity contribution in [3.63, 3.8) is 0 Å². The van der Waals surface area contributed by atoms with Crippen LogP contribution in [0.3, 0.4) is 0 Å². The number of hydrogen-bond acceptors (Lipinski definition) is 2. The fraction of sp³-hybridized carbons (Fsp3) is 0.667. The van der Waals surface area contributed by atoms with Crippen molar-refractivity contribution in [2.45, 2.75) is 33.6 Å². The first-order valence-corrected chi connectivity index (χ1v) is 6.91. The molecule has 0 N–H and O–H groups in total. The van der Waals surface area contributed by atoms with Gasteiger partial charge in [-0.2, -0.15) is 0 Å². The summed E-state index contributed by atoms with van der Waals surface area (Å²) in [6.07, 6.45) is 2.48. The van der Waals surface area contributed by atoms with Gasteiger partial charge in [0.1, 0.15) is 0 Å². The Kier molecular flexibility index (Phi) is 3.91. The van der Waals surface area contributed by atoms with Gasteiger partial charge in [-0.3, -0.25) is 9.69 Å². The van der Waals surface area contributed by atoms with Crippen LogP contribution in [0.5, 0.6) is 0 Å². The van der Waals surface area contributed by atoms with Crippen LogP contribution >= 0.6 is 0 Å². The highest BCUT2D eigenvalue weighted by molar-refractivity contribution is 5.99. The molecule has 0 aliphatic carbocycles. The molecule has 100 valence electrons. The Morgan fingerprint density at radius 2 is 2.17 bits per heavy atom. The monoisotopic (exact) mass is 248 g/mol. The molecule has 3 heteroatoms. The highest BCUT2D eigenvalue weighted by atomic mass is 16.1. The molecule has 0 aromatic carbocycles. The first-order valence-electron chi connectivity index (χ1n) is 6.91. The number of likely N-dealkylation sites (tertiary alicyclic amines) is 1. The second kappa shape index (κ2) is 5.27. The number of rotatable bonds is 4. The molecule has 0 saturated carbocycles. The van der Waals surface area contributed by atoms with Gasteiger partial charge >= 0.3 is 0 Å². The van der Waals surface area contributed by atoms with Crippen LogP contribution in [0, 0.1) is 19.8 Å². The number of hydrogen-bond donors (Lipinski definition) is 0. The van der Waals surface area contributed by atoms with Gasteiger partial charge in [0.05, 0.1) is 6.54 Å². The Bertz CT molecular complexity index is 448. The lowest BCUT2D eigenvalue weighted by atomic mass is 10.1. The van der Waals surface area contributed by atoms with Crippen molar-refractivity contribution in [2.75, 3.05) is 19.6 Å². The van der Waals surface area contributed by atoms with E-state index in [0.717, 1.165) is 36.0 Å². The minimum absolute atomic E-state index is 0.271. The van der Waals surface area contributed by atoms with Crippen molar-refractivity contribution in [1.29, 1.82) is 0 Å². The number of aromatic nitrogens is 1. The van der Waals surface area contributed by atoms with Crippen LogP contribution in [-0.4, -0.2) is 34.9 Å². The quantitative estimate of drug-likeness (QED) is 0.765. The molecule has 1 aromatic heterocycles. The van der Waals surface area contributed by atoms with Crippen LogP contribution < -0.4 is 0 Å². The van der Waals surface area contributed by atoms with Gasteiger partial charge in [0.15, 0.2) is 5.78 Å². The van der Waals surface area contributed by atoms with Crippen molar-refractivity contribution in [3.05, 3.63) is 23.0 Å². The molecule has 1 fully saturated rings. The van der Waals surface area contributed by atoms with Crippen molar-refractivity contribution >= 4 is 5.78 Å². The molecule has 0 radical (unpaired) electrons. The number of carbonyl (C=O) groups excluding carboxylic acids is 1. The zero-order chi connectivity index (χ0) is 13.3. The second-order valence-electron chi connectivity index (χ2n) is 5.57. The van der Waals surface area contributed by atoms with Gasteiger partial charge in [-0.05, 0) is 38.8 Å². The summed E-state index contributed by atoms with van der Waals surface area (Å²) in [5, 5.41) is 0. The molecule has 1 saturated heterocycles. The Hall–Kier alpha value is -1.09. The van der Waals surface area contributed by atoms with Gasteiger partial charge in [0, 0.05) is 30.5 Å². The third-order valence-electron chi connectivity index (χ3n) is 4.39. The van der Waals surface area contributed by atoms with Crippen LogP contribution in [-0.2, 0) is 7.05 Å². The third kappa shape index (κ3) is 2.51. The van der Waals surface area contributed by atoms with Gasteiger partial charge in [0.2, 0.25) is 0 Å². The maximum Gasteiger partial charge on any atom is 0.178 e. The molecular formula is C15H24N2O. The van der Waals surface area contributed by atoms with E-state index in [9.17, 15) is 4.79 Å². The molecule has 0 bridgehead atoms. The summed E-state index contributed by atoms with van der Waals surface area (Å²) in [4.78, 5) is 14.6. The predicted octanol–water partition coefficient (Wildman–Crippen LogP) is 2.56. The van der Waals surface area contributed by atoms with E-state index in [-0.39, 0.29) is 5.78 Å². The summed E-state index contributed by atoms with van der Waals surface area (Å²) in [6.45, 7) is 9.06. The summed E-state index contributed by atoms with van der Waals surface area (Å²) in [6, 6.07) is 2.02. The maximum atomic E-state index is 12.3. The predicted molar refractivity (Wildman–Crippen MR) is 74.1 cm³/mol. The highest BCUT2D eigenvalue weighted by Gasteiger charge is 2.24. The SMILES string of the molecule is CCC1CCN(CC(=O)c2cc(C)n(C)c2C)C1. The zero-order valence-electron chi connectivity index (χ0n) is 12.0. The number of Topliss-reactive ketones (excluding diaryl/α,β-unsaturated/α-hetero) is 1. The van der Waals surface area contributed by atoms with E-state index >= 15 is 0 Å². The van der Waals surface area contributed by atoms with Crippen molar-refractivity contribution in [3.8, 4) is 0 Å². The largest absolute Gasteiger partial charge is 0.351 e. The Morgan fingerprint density at radius 3 is 2.67 bits per heavy atom. The molecule has 1 atom stereocenters. The summed E-state index contributed by atoms with van der Waals surface area (Å²) >= 11 is 0. The van der Waals surface area contributed by atoms with Crippen LogP contribution in [0.25, 0.3) is 0 Å². The van der Waals surface area contributed by atoms with E-state index in [2.05, 4.69) is 16.4 Å². The first-order chi connectivity index (χ1) is 8.52. The number of nitrogens with zero attached hydrogens (tertiary/aromatic N) is 2. The average Bonchev–Trinajstić information content (AvgIpc) is 2.89. The molecule has 1 aliphatic rings. The fourth-order valence-electron chi connectivity index (χ4n) is 2.82. The molecule has 18 heavy (non-hydrogen) atoms. The maximum absolute atomic E-state index is 12.3. The van der Waals surface area contributed by atoms with E-state index in [0.29, 0.717) is 6.54 Å². The normalized spacial score (nSPS) is 20.6. The first kappa shape index (κ1) is 13.3. The zero-order valence-corrected chi connectivity index (χ0v) is 12.0. The summed E-state index contributed by atoms with van der Waals surface area (Å²) < 4.78 is 2.09. The summed E-state index contributed by atoms with van der Waals surface area (Å²) in [5.74, 6) is 1.06. The standard InChI is InChI=1S/C15H24N2O/c1-5-13-6-7-17(9-13)10-15(18)14-8-11(2)16(4)12(14)3/h8,13H,5-7,9-10H2,1-4H3. The van der Waals surface area contributed by atoms with Crippen molar-refractivity contribution in [2.24, 2.45) is 13.0 Å². The molecular weight excluding hydrogens is 224 g/mol. The van der Waals surface area contributed by atoms with E-state index < -0.39 is 0 Å². The molecule has 3 nitrogen and oxygen atoms in total. The molecule has 1 unspecified atom stereocenters. The number of carbonyl (C=O) groups is 1. The topological polar surface area (TPSA) is 25.2 Å². The fourth-order valence-corrected chi connectivity index (χ4v) is 2.82. The minimum Gasteiger partial charge on any atom is -0.351 e. The minimum atomic E-state index is 0.271. The highest BCUT2D eigenvalue weighted by Crippen LogP contribution is 2.20. The smallest absolute Gasteiger partial charge is 0.178 e. The van der Waals surface area contributed by atoms with Crippen LogP contribution in [0.2, 0.25) is 0 Å². The molecule has 1 aromatic rings. The summed E-state index contributed by atoms with van der Waals surface area (Å²) in [7, 11) is 2.02. The molecule has 1 aliphatic heterocycles. The molecule has 0 spiro atoms. The third-order valence-corrected chi connectivity index (χ3v) is 4.39. The van der Waals surface area contributed by atoms with E-state index in [1.807, 2.05) is 27.0 Å². The van der Waals surface area contributed by atoms with Gasteiger partial charge in [-0.1, -0.05) is 13.3 Å². The lowest BCUT2D eigenvalue weighted by Crippen LogP contribution is -2.28. The molecule has 2 rings (SSSR count). The second-order valence-corrected chi connectivity index (χ2v) is 5.57. The van der Waals surface area contributed by atoms with E-state index in [1.165, 1.54) is 12.8 Å². The van der Waals surface area contributed by atoms with Crippen molar-refractivity contribution in [1.82, 2.24) is 9.47 Å². The van der Waals surface area contributed by atoms with Gasteiger partial charge in [-0.25, -0.2) is 0 Å². The Labute approximate surface area is 110 Å². The number of ketones is 1. The van der Waals surface area contributed by atoms with Gasteiger partial charge in [0.25, 0.3) is 0 Å². The number of aryl methyl sites for hydroxylation is 1.